The van der Waals surface area contributed by atoms with E-state index in [1.807, 2.05) is 19.1 Å². The summed E-state index contributed by atoms with van der Waals surface area (Å²) in [6.45, 7) is 8.04. The summed E-state index contributed by atoms with van der Waals surface area (Å²) >= 11 is 0. The average Bonchev–Trinajstić information content (AvgIpc) is 3.14. The lowest BCUT2D eigenvalue weighted by molar-refractivity contribution is 0.260. The molecule has 2 atom stereocenters. The highest BCUT2D eigenvalue weighted by molar-refractivity contribution is 5.21. The van der Waals surface area contributed by atoms with Gasteiger partial charge in [0.15, 0.2) is 0 Å². The standard InChI is InChI=1S/C19H28FN5/c1-14-11-15(2)25(23-14)10-4-9-24(3)13-17-12-21-22-19(17)16-5-7-18(20)8-6-16/h5-8,11,17,19,21-22H,4,9-10,12-13H2,1-3H3. The summed E-state index contributed by atoms with van der Waals surface area (Å²) in [4.78, 5) is 2.38. The molecule has 1 fully saturated rings. The number of nitrogens with zero attached hydrogens (tertiary/aromatic N) is 3. The van der Waals surface area contributed by atoms with Crippen LogP contribution in [0.2, 0.25) is 0 Å². The van der Waals surface area contributed by atoms with E-state index in [1.165, 1.54) is 17.8 Å². The van der Waals surface area contributed by atoms with Crippen molar-refractivity contribution >= 4 is 0 Å². The Kier molecular flexibility index (Phi) is 5.83. The van der Waals surface area contributed by atoms with Gasteiger partial charge in [0.2, 0.25) is 0 Å². The van der Waals surface area contributed by atoms with Crippen LogP contribution in [0.15, 0.2) is 30.3 Å². The van der Waals surface area contributed by atoms with Gasteiger partial charge in [-0.1, -0.05) is 12.1 Å². The summed E-state index contributed by atoms with van der Waals surface area (Å²) < 4.78 is 15.2. The molecule has 5 nitrogen and oxygen atoms in total. The number of aromatic nitrogens is 2. The number of hydrazine groups is 1. The lowest BCUT2D eigenvalue weighted by atomic mass is 9.94. The molecule has 136 valence electrons. The van der Waals surface area contributed by atoms with Crippen molar-refractivity contribution in [3.8, 4) is 0 Å². The predicted octanol–water partition coefficient (Wildman–Crippen LogP) is 2.43. The summed E-state index contributed by atoms with van der Waals surface area (Å²) in [5.41, 5.74) is 10.0. The van der Waals surface area contributed by atoms with E-state index in [2.05, 4.69) is 45.6 Å². The molecular weight excluding hydrogens is 317 g/mol. The van der Waals surface area contributed by atoms with Crippen LogP contribution in [0.1, 0.15) is 29.4 Å². The van der Waals surface area contributed by atoms with E-state index in [9.17, 15) is 4.39 Å². The quantitative estimate of drug-likeness (QED) is 0.809. The van der Waals surface area contributed by atoms with Gasteiger partial charge in [-0.2, -0.15) is 5.10 Å². The molecule has 2 aromatic rings. The fourth-order valence-corrected chi connectivity index (χ4v) is 3.61. The number of rotatable bonds is 7. The van der Waals surface area contributed by atoms with Crippen molar-refractivity contribution < 1.29 is 4.39 Å². The Balaban J connectivity index is 1.49. The summed E-state index contributed by atoms with van der Waals surface area (Å²) in [7, 11) is 2.17. The first-order valence-corrected chi connectivity index (χ1v) is 8.96. The zero-order valence-corrected chi connectivity index (χ0v) is 15.3. The average molecular weight is 345 g/mol. The van der Waals surface area contributed by atoms with Crippen molar-refractivity contribution in [3.05, 3.63) is 53.1 Å². The first-order chi connectivity index (χ1) is 12.0. The van der Waals surface area contributed by atoms with Gasteiger partial charge < -0.3 is 4.90 Å². The largest absolute Gasteiger partial charge is 0.306 e. The minimum absolute atomic E-state index is 0.187. The monoisotopic (exact) mass is 345 g/mol. The van der Waals surface area contributed by atoms with Crippen LogP contribution in [0.5, 0.6) is 0 Å². The molecule has 1 saturated heterocycles. The van der Waals surface area contributed by atoms with E-state index in [1.54, 1.807) is 0 Å². The zero-order chi connectivity index (χ0) is 17.8. The first-order valence-electron chi connectivity index (χ1n) is 8.96. The Morgan fingerprint density at radius 1 is 1.28 bits per heavy atom. The van der Waals surface area contributed by atoms with Crippen molar-refractivity contribution in [2.24, 2.45) is 5.92 Å². The van der Waals surface area contributed by atoms with Gasteiger partial charge in [0, 0.05) is 31.2 Å². The second-order valence-electron chi connectivity index (χ2n) is 7.08. The van der Waals surface area contributed by atoms with Crippen molar-refractivity contribution in [1.29, 1.82) is 0 Å². The van der Waals surface area contributed by atoms with Crippen molar-refractivity contribution in [3.63, 3.8) is 0 Å². The molecule has 1 aromatic carbocycles. The van der Waals surface area contributed by atoms with Gasteiger partial charge in [-0.3, -0.25) is 10.1 Å². The van der Waals surface area contributed by atoms with Crippen LogP contribution >= 0.6 is 0 Å². The van der Waals surface area contributed by atoms with Gasteiger partial charge in [0.1, 0.15) is 5.82 Å². The Labute approximate surface area is 149 Å². The van der Waals surface area contributed by atoms with Gasteiger partial charge in [-0.05, 0) is 57.6 Å². The van der Waals surface area contributed by atoms with Crippen molar-refractivity contribution in [2.75, 3.05) is 26.7 Å². The summed E-state index contributed by atoms with van der Waals surface area (Å²) in [6, 6.07) is 9.15. The van der Waals surface area contributed by atoms with E-state index >= 15 is 0 Å². The lowest BCUT2D eigenvalue weighted by Gasteiger charge is -2.25. The first kappa shape index (κ1) is 18.0. The number of hydrogen-bond acceptors (Lipinski definition) is 4. The molecule has 1 aliphatic heterocycles. The molecule has 2 N–H and O–H groups in total. The molecule has 1 aromatic heterocycles. The third-order valence-corrected chi connectivity index (χ3v) is 4.88. The molecule has 3 rings (SSSR count). The smallest absolute Gasteiger partial charge is 0.123 e. The molecule has 25 heavy (non-hydrogen) atoms. The SMILES string of the molecule is Cc1cc(C)n(CCCN(C)CC2CNNC2c2ccc(F)cc2)n1. The molecule has 2 unspecified atom stereocenters. The van der Waals surface area contributed by atoms with Crippen molar-refractivity contribution in [1.82, 2.24) is 25.5 Å². The maximum Gasteiger partial charge on any atom is 0.123 e. The highest BCUT2D eigenvalue weighted by Crippen LogP contribution is 2.25. The predicted molar refractivity (Wildman–Crippen MR) is 97.6 cm³/mol. The maximum absolute atomic E-state index is 13.1. The van der Waals surface area contributed by atoms with Crippen molar-refractivity contribution in [2.45, 2.75) is 32.9 Å². The number of benzene rings is 1. The summed E-state index contributed by atoms with van der Waals surface area (Å²) in [6.07, 6.45) is 1.08. The number of aryl methyl sites for hydroxylation is 3. The molecule has 0 radical (unpaired) electrons. The highest BCUT2D eigenvalue weighted by atomic mass is 19.1. The van der Waals surface area contributed by atoms with E-state index in [0.29, 0.717) is 5.92 Å². The van der Waals surface area contributed by atoms with Gasteiger partial charge in [0.25, 0.3) is 0 Å². The van der Waals surface area contributed by atoms with E-state index in [0.717, 1.165) is 43.9 Å². The molecular formula is C19H28FN5. The zero-order valence-electron chi connectivity index (χ0n) is 15.3. The third-order valence-electron chi connectivity index (χ3n) is 4.88. The van der Waals surface area contributed by atoms with Crippen LogP contribution in [0.4, 0.5) is 4.39 Å². The molecule has 6 heteroatoms. The second-order valence-corrected chi connectivity index (χ2v) is 7.08. The van der Waals surface area contributed by atoms with Crippen LogP contribution in [-0.2, 0) is 6.54 Å². The highest BCUT2D eigenvalue weighted by Gasteiger charge is 2.28. The van der Waals surface area contributed by atoms with Crippen LogP contribution in [0.3, 0.4) is 0 Å². The van der Waals surface area contributed by atoms with Gasteiger partial charge in [0.05, 0.1) is 11.7 Å². The molecule has 2 heterocycles. The van der Waals surface area contributed by atoms with Gasteiger partial charge in [-0.15, -0.1) is 0 Å². The molecule has 0 aliphatic carbocycles. The topological polar surface area (TPSA) is 45.1 Å². The normalized spacial score (nSPS) is 20.5. The van der Waals surface area contributed by atoms with E-state index in [4.69, 9.17) is 0 Å². The Bertz CT molecular complexity index is 682. The molecule has 0 bridgehead atoms. The third kappa shape index (κ3) is 4.66. The second kappa shape index (κ2) is 8.08. The minimum Gasteiger partial charge on any atom is -0.306 e. The van der Waals surface area contributed by atoms with Crippen LogP contribution in [0.25, 0.3) is 0 Å². The molecule has 1 aliphatic rings. The number of halogens is 1. The van der Waals surface area contributed by atoms with E-state index < -0.39 is 0 Å². The fraction of sp³-hybridized carbons (Fsp3) is 0.526. The van der Waals surface area contributed by atoms with Gasteiger partial charge in [-0.25, -0.2) is 9.82 Å². The summed E-state index contributed by atoms with van der Waals surface area (Å²) in [5.74, 6) is 0.275. The summed E-state index contributed by atoms with van der Waals surface area (Å²) in [5, 5.41) is 4.52. The van der Waals surface area contributed by atoms with Crippen LogP contribution in [0, 0.1) is 25.6 Å². The minimum atomic E-state index is -0.187. The Morgan fingerprint density at radius 3 is 2.72 bits per heavy atom. The number of nitrogens with one attached hydrogen (secondary N) is 2. The lowest BCUT2D eigenvalue weighted by Crippen LogP contribution is -2.31. The van der Waals surface area contributed by atoms with Crippen LogP contribution < -0.4 is 10.9 Å². The molecule has 0 amide bonds. The van der Waals surface area contributed by atoms with E-state index in [-0.39, 0.29) is 11.9 Å². The maximum atomic E-state index is 13.1. The van der Waals surface area contributed by atoms with Crippen LogP contribution in [-0.4, -0.2) is 41.4 Å². The molecule has 0 spiro atoms. The Morgan fingerprint density at radius 2 is 2.04 bits per heavy atom. The Hall–Kier alpha value is -1.76. The van der Waals surface area contributed by atoms with Gasteiger partial charge >= 0.3 is 0 Å². The fourth-order valence-electron chi connectivity index (χ4n) is 3.61. The molecule has 0 saturated carbocycles. The number of hydrogen-bond donors (Lipinski definition) is 2.